The number of halogens is 1. The summed E-state index contributed by atoms with van der Waals surface area (Å²) in [5.41, 5.74) is 0. The van der Waals surface area contributed by atoms with Crippen LogP contribution in [-0.2, 0) is 10.0 Å². The van der Waals surface area contributed by atoms with Gasteiger partial charge in [0.15, 0.2) is 4.67 Å². The number of nitrogens with zero attached hydrogens (tertiary/aromatic N) is 2. The molecule has 0 amide bonds. The van der Waals surface area contributed by atoms with Gasteiger partial charge in [0.2, 0.25) is 5.09 Å². The summed E-state index contributed by atoms with van der Waals surface area (Å²) in [6, 6.07) is 3.34. The predicted octanol–water partition coefficient (Wildman–Crippen LogP) is 0.977. The standard InChI is InChI=1S/C9H13BrN2O3S/c1-11(2)7-5-12(6-7)16(13,14)9-4-3-8(10)15-9/h3-4,7H,5-6H2,1-2H3. The topological polar surface area (TPSA) is 53.8 Å². The number of furan rings is 1. The Hall–Kier alpha value is -0.370. The molecule has 0 aliphatic carbocycles. The van der Waals surface area contributed by atoms with Crippen LogP contribution in [-0.4, -0.2) is 50.8 Å². The smallest absolute Gasteiger partial charge is 0.276 e. The molecule has 0 bridgehead atoms. The van der Waals surface area contributed by atoms with E-state index in [9.17, 15) is 8.42 Å². The largest absolute Gasteiger partial charge is 0.437 e. The van der Waals surface area contributed by atoms with E-state index in [-0.39, 0.29) is 5.09 Å². The zero-order valence-corrected chi connectivity index (χ0v) is 11.5. The molecule has 0 unspecified atom stereocenters. The van der Waals surface area contributed by atoms with Crippen LogP contribution in [0.2, 0.25) is 0 Å². The second-order valence-corrected chi connectivity index (χ2v) is 6.65. The van der Waals surface area contributed by atoms with Gasteiger partial charge in [0.05, 0.1) is 0 Å². The lowest BCUT2D eigenvalue weighted by Crippen LogP contribution is -2.58. The van der Waals surface area contributed by atoms with E-state index in [1.54, 1.807) is 6.07 Å². The minimum atomic E-state index is -3.44. The maximum absolute atomic E-state index is 12.0. The van der Waals surface area contributed by atoms with Crippen LogP contribution in [0.1, 0.15) is 0 Å². The molecule has 0 radical (unpaired) electrons. The van der Waals surface area contributed by atoms with Gasteiger partial charge in [-0.3, -0.25) is 0 Å². The molecule has 1 aliphatic rings. The SMILES string of the molecule is CN(C)C1CN(S(=O)(=O)c2ccc(Br)o2)C1. The van der Waals surface area contributed by atoms with Crippen LogP contribution >= 0.6 is 15.9 Å². The second-order valence-electron chi connectivity index (χ2n) is 4.00. The average Bonchev–Trinajstić information content (AvgIpc) is 2.47. The maximum Gasteiger partial charge on any atom is 0.276 e. The normalized spacial score (nSPS) is 19.0. The van der Waals surface area contributed by atoms with Gasteiger partial charge in [0.1, 0.15) is 0 Å². The summed E-state index contributed by atoms with van der Waals surface area (Å²) in [7, 11) is 0.447. The van der Waals surface area contributed by atoms with Crippen molar-refractivity contribution in [2.45, 2.75) is 11.1 Å². The third kappa shape index (κ3) is 2.04. The molecule has 1 fully saturated rings. The molecular weight excluding hydrogens is 296 g/mol. The van der Waals surface area contributed by atoms with Gasteiger partial charge in [-0.1, -0.05) is 0 Å². The summed E-state index contributed by atoms with van der Waals surface area (Å²) in [4.78, 5) is 2.02. The van der Waals surface area contributed by atoms with Crippen LogP contribution in [0.25, 0.3) is 0 Å². The van der Waals surface area contributed by atoms with Crippen LogP contribution in [0.3, 0.4) is 0 Å². The number of sulfonamides is 1. The first-order valence-corrected chi connectivity index (χ1v) is 7.06. The van der Waals surface area contributed by atoms with E-state index >= 15 is 0 Å². The first-order valence-electron chi connectivity index (χ1n) is 4.83. The molecule has 1 saturated heterocycles. The fraction of sp³-hybridized carbons (Fsp3) is 0.556. The van der Waals surface area contributed by atoms with E-state index in [1.165, 1.54) is 10.4 Å². The summed E-state index contributed by atoms with van der Waals surface area (Å²) in [6.07, 6.45) is 0. The molecule has 1 aromatic heterocycles. The van der Waals surface area contributed by atoms with Gasteiger partial charge in [-0.15, -0.1) is 0 Å². The number of hydrogen-bond acceptors (Lipinski definition) is 4. The van der Waals surface area contributed by atoms with Gasteiger partial charge in [-0.05, 0) is 42.2 Å². The number of hydrogen-bond donors (Lipinski definition) is 0. The molecule has 0 N–H and O–H groups in total. The lowest BCUT2D eigenvalue weighted by molar-refractivity contribution is 0.132. The first kappa shape index (κ1) is 12.1. The Morgan fingerprint density at radius 2 is 2.06 bits per heavy atom. The Morgan fingerprint density at radius 3 is 2.50 bits per heavy atom. The van der Waals surface area contributed by atoms with Crippen molar-refractivity contribution < 1.29 is 12.8 Å². The van der Waals surface area contributed by atoms with E-state index in [0.717, 1.165) is 0 Å². The number of rotatable bonds is 3. The highest BCUT2D eigenvalue weighted by atomic mass is 79.9. The van der Waals surface area contributed by atoms with Gasteiger partial charge < -0.3 is 9.32 Å². The highest BCUT2D eigenvalue weighted by molar-refractivity contribution is 9.10. The maximum atomic E-state index is 12.0. The van der Waals surface area contributed by atoms with E-state index in [1.807, 2.05) is 19.0 Å². The zero-order valence-electron chi connectivity index (χ0n) is 9.05. The van der Waals surface area contributed by atoms with Crippen molar-refractivity contribution >= 4 is 26.0 Å². The fourth-order valence-corrected chi connectivity index (χ4v) is 3.34. The van der Waals surface area contributed by atoms with Crippen molar-refractivity contribution in [1.82, 2.24) is 9.21 Å². The van der Waals surface area contributed by atoms with Gasteiger partial charge >= 0.3 is 0 Å². The Morgan fingerprint density at radius 1 is 1.44 bits per heavy atom. The molecule has 0 atom stereocenters. The van der Waals surface area contributed by atoms with Crippen LogP contribution in [0.4, 0.5) is 0 Å². The summed E-state index contributed by atoms with van der Waals surface area (Å²) in [6.45, 7) is 1.04. The van der Waals surface area contributed by atoms with Crippen LogP contribution in [0, 0.1) is 0 Å². The molecule has 5 nitrogen and oxygen atoms in total. The second kappa shape index (κ2) is 4.14. The Kier molecular flexibility index (Phi) is 3.13. The quantitative estimate of drug-likeness (QED) is 0.835. The molecule has 16 heavy (non-hydrogen) atoms. The highest BCUT2D eigenvalue weighted by Crippen LogP contribution is 2.26. The van der Waals surface area contributed by atoms with Gasteiger partial charge in [0.25, 0.3) is 10.0 Å². The van der Waals surface area contributed by atoms with Gasteiger partial charge in [-0.2, -0.15) is 4.31 Å². The van der Waals surface area contributed by atoms with E-state index in [4.69, 9.17) is 4.42 Å². The zero-order chi connectivity index (χ0) is 11.9. The Bertz CT molecular complexity index is 477. The van der Waals surface area contributed by atoms with E-state index in [0.29, 0.717) is 23.8 Å². The molecule has 90 valence electrons. The molecule has 0 spiro atoms. The van der Waals surface area contributed by atoms with Crippen LogP contribution < -0.4 is 0 Å². The van der Waals surface area contributed by atoms with Crippen LogP contribution in [0.15, 0.2) is 26.3 Å². The third-order valence-electron chi connectivity index (χ3n) is 2.70. The average molecular weight is 309 g/mol. The molecule has 7 heteroatoms. The molecule has 1 aliphatic heterocycles. The Balaban J connectivity index is 2.11. The minimum Gasteiger partial charge on any atom is -0.437 e. The Labute approximate surface area is 103 Å². The highest BCUT2D eigenvalue weighted by Gasteiger charge is 2.39. The summed E-state index contributed by atoms with van der Waals surface area (Å²) >= 11 is 3.09. The minimum absolute atomic E-state index is 0.00317. The van der Waals surface area contributed by atoms with Crippen molar-refractivity contribution in [3.05, 3.63) is 16.8 Å². The van der Waals surface area contributed by atoms with E-state index in [2.05, 4.69) is 15.9 Å². The molecule has 2 heterocycles. The summed E-state index contributed by atoms with van der Waals surface area (Å²) < 4.78 is 30.9. The third-order valence-corrected chi connectivity index (χ3v) is 4.83. The fourth-order valence-electron chi connectivity index (χ4n) is 1.50. The lowest BCUT2D eigenvalue weighted by atomic mass is 10.2. The predicted molar refractivity (Wildman–Crippen MR) is 62.6 cm³/mol. The van der Waals surface area contributed by atoms with Crippen LogP contribution in [0.5, 0.6) is 0 Å². The first-order chi connectivity index (χ1) is 7.41. The van der Waals surface area contributed by atoms with Gasteiger partial charge in [-0.25, -0.2) is 8.42 Å². The van der Waals surface area contributed by atoms with Crippen molar-refractivity contribution in [2.75, 3.05) is 27.2 Å². The lowest BCUT2D eigenvalue weighted by Gasteiger charge is -2.40. The van der Waals surface area contributed by atoms with E-state index < -0.39 is 10.0 Å². The summed E-state index contributed by atoms with van der Waals surface area (Å²) in [5.74, 6) is 0. The molecule has 0 saturated carbocycles. The van der Waals surface area contributed by atoms with Crippen molar-refractivity contribution in [3.63, 3.8) is 0 Å². The van der Waals surface area contributed by atoms with Crippen molar-refractivity contribution in [3.8, 4) is 0 Å². The molecule has 0 aromatic carbocycles. The molecule has 2 rings (SSSR count). The summed E-state index contributed by atoms with van der Waals surface area (Å²) in [5, 5.41) is -0.00317. The van der Waals surface area contributed by atoms with Gasteiger partial charge in [0, 0.05) is 19.1 Å². The number of likely N-dealkylation sites (N-methyl/N-ethyl adjacent to an activating group) is 1. The molecule has 1 aromatic rings. The van der Waals surface area contributed by atoms with Crippen molar-refractivity contribution in [2.24, 2.45) is 0 Å². The monoisotopic (exact) mass is 308 g/mol. The molecular formula is C9H13BrN2O3S. The van der Waals surface area contributed by atoms with Crippen molar-refractivity contribution in [1.29, 1.82) is 0 Å².